The Morgan fingerprint density at radius 1 is 1.18 bits per heavy atom. The predicted octanol–water partition coefficient (Wildman–Crippen LogP) is 4.31. The fraction of sp³-hybridized carbons (Fsp3) is 0.200. The molecule has 7 heteroatoms. The lowest BCUT2D eigenvalue weighted by Gasteiger charge is -2.19. The zero-order valence-corrected chi connectivity index (χ0v) is 13.0. The van der Waals surface area contributed by atoms with Gasteiger partial charge in [0.25, 0.3) is 5.69 Å². The summed E-state index contributed by atoms with van der Waals surface area (Å²) in [5.41, 5.74) is 0.955. The van der Waals surface area contributed by atoms with Crippen LogP contribution in [0.1, 0.15) is 5.56 Å². The number of hydrogen-bond donors (Lipinski definition) is 0. The Morgan fingerprint density at radius 3 is 2.64 bits per heavy atom. The third-order valence-corrected chi connectivity index (χ3v) is 4.66. The molecule has 1 aliphatic rings. The van der Waals surface area contributed by atoms with Crippen molar-refractivity contribution in [1.29, 1.82) is 0 Å². The van der Waals surface area contributed by atoms with Gasteiger partial charge >= 0.3 is 0 Å². The van der Waals surface area contributed by atoms with Gasteiger partial charge in [0.05, 0.1) is 9.95 Å². The Labute approximate surface area is 136 Å². The standard InChI is InChI=1S/C15H12ClNO4S/c16-12-7-13-14(21-5-4-20-13)8-15(12)22-9-10-2-1-3-11(6-10)17(18)19/h1-3,6-8H,4-5,9H2. The first-order valence-electron chi connectivity index (χ1n) is 6.59. The van der Waals surface area contributed by atoms with Gasteiger partial charge in [0, 0.05) is 28.8 Å². The number of thioether (sulfide) groups is 1. The number of benzene rings is 2. The van der Waals surface area contributed by atoms with E-state index in [4.69, 9.17) is 21.1 Å². The zero-order valence-electron chi connectivity index (χ0n) is 11.5. The smallest absolute Gasteiger partial charge is 0.269 e. The number of rotatable bonds is 4. The highest BCUT2D eigenvalue weighted by Crippen LogP contribution is 2.40. The molecule has 0 radical (unpaired) electrons. The Balaban J connectivity index is 1.76. The first-order chi connectivity index (χ1) is 10.6. The Kier molecular flexibility index (Phi) is 4.40. The molecule has 0 aliphatic carbocycles. The van der Waals surface area contributed by atoms with E-state index in [1.165, 1.54) is 17.8 Å². The van der Waals surface area contributed by atoms with Gasteiger partial charge in [-0.3, -0.25) is 10.1 Å². The van der Waals surface area contributed by atoms with Crippen LogP contribution in [0.3, 0.4) is 0 Å². The molecule has 114 valence electrons. The summed E-state index contributed by atoms with van der Waals surface area (Å²) in [6, 6.07) is 10.2. The lowest BCUT2D eigenvalue weighted by atomic mass is 10.2. The van der Waals surface area contributed by atoms with Crippen molar-refractivity contribution in [3.8, 4) is 11.5 Å². The van der Waals surface area contributed by atoms with Crippen molar-refractivity contribution in [3.05, 3.63) is 57.1 Å². The van der Waals surface area contributed by atoms with E-state index < -0.39 is 4.92 Å². The molecule has 3 rings (SSSR count). The van der Waals surface area contributed by atoms with Crippen molar-refractivity contribution >= 4 is 29.1 Å². The Bertz CT molecular complexity index is 723. The highest BCUT2D eigenvalue weighted by atomic mass is 35.5. The summed E-state index contributed by atoms with van der Waals surface area (Å²) in [7, 11) is 0. The van der Waals surface area contributed by atoms with Crippen molar-refractivity contribution in [2.45, 2.75) is 10.6 Å². The van der Waals surface area contributed by atoms with Gasteiger partial charge in [0.2, 0.25) is 0 Å². The van der Waals surface area contributed by atoms with Crippen LogP contribution in [0.25, 0.3) is 0 Å². The summed E-state index contributed by atoms with van der Waals surface area (Å²) < 4.78 is 11.0. The number of halogens is 1. The van der Waals surface area contributed by atoms with Crippen molar-refractivity contribution in [1.82, 2.24) is 0 Å². The van der Waals surface area contributed by atoms with Gasteiger partial charge in [-0.2, -0.15) is 0 Å². The van der Waals surface area contributed by atoms with E-state index in [0.29, 0.717) is 35.5 Å². The maximum atomic E-state index is 10.8. The van der Waals surface area contributed by atoms with Crippen molar-refractivity contribution in [2.75, 3.05) is 13.2 Å². The van der Waals surface area contributed by atoms with Crippen molar-refractivity contribution in [3.63, 3.8) is 0 Å². The Morgan fingerprint density at radius 2 is 1.91 bits per heavy atom. The lowest BCUT2D eigenvalue weighted by Crippen LogP contribution is -2.15. The van der Waals surface area contributed by atoms with E-state index in [1.54, 1.807) is 18.2 Å². The minimum Gasteiger partial charge on any atom is -0.486 e. The quantitative estimate of drug-likeness (QED) is 0.472. The maximum Gasteiger partial charge on any atom is 0.269 e. The fourth-order valence-corrected chi connectivity index (χ4v) is 3.28. The number of nitro groups is 1. The molecule has 0 aromatic heterocycles. The summed E-state index contributed by atoms with van der Waals surface area (Å²) in [6.45, 7) is 1.03. The maximum absolute atomic E-state index is 10.8. The summed E-state index contributed by atoms with van der Waals surface area (Å²) in [4.78, 5) is 11.3. The van der Waals surface area contributed by atoms with E-state index in [0.717, 1.165) is 10.5 Å². The second-order valence-electron chi connectivity index (χ2n) is 4.64. The summed E-state index contributed by atoms with van der Waals surface area (Å²) >= 11 is 7.75. The number of nitrogens with zero attached hydrogens (tertiary/aromatic N) is 1. The molecule has 0 saturated carbocycles. The van der Waals surface area contributed by atoms with Crippen LogP contribution in [0.15, 0.2) is 41.3 Å². The summed E-state index contributed by atoms with van der Waals surface area (Å²) in [5.74, 6) is 1.91. The number of nitro benzene ring substituents is 1. The zero-order chi connectivity index (χ0) is 15.5. The van der Waals surface area contributed by atoms with Crippen molar-refractivity contribution in [2.24, 2.45) is 0 Å². The molecule has 1 heterocycles. The predicted molar refractivity (Wildman–Crippen MR) is 85.1 cm³/mol. The molecule has 5 nitrogen and oxygen atoms in total. The average Bonchev–Trinajstić information content (AvgIpc) is 2.53. The molecule has 0 spiro atoms. The largest absolute Gasteiger partial charge is 0.486 e. The van der Waals surface area contributed by atoms with E-state index >= 15 is 0 Å². The second kappa shape index (κ2) is 6.46. The number of ether oxygens (including phenoxy) is 2. The molecule has 0 atom stereocenters. The molecule has 0 saturated heterocycles. The van der Waals surface area contributed by atoms with Gasteiger partial charge in [-0.25, -0.2) is 0 Å². The van der Waals surface area contributed by atoms with Crippen molar-refractivity contribution < 1.29 is 14.4 Å². The van der Waals surface area contributed by atoms with Gasteiger partial charge in [0.1, 0.15) is 13.2 Å². The SMILES string of the molecule is O=[N+]([O-])c1cccc(CSc2cc3c(cc2Cl)OCCO3)c1. The van der Waals surface area contributed by atoms with Gasteiger partial charge in [0.15, 0.2) is 11.5 Å². The highest BCUT2D eigenvalue weighted by Gasteiger charge is 2.15. The van der Waals surface area contributed by atoms with Crippen LogP contribution in [0.2, 0.25) is 5.02 Å². The third kappa shape index (κ3) is 3.28. The van der Waals surface area contributed by atoms with Crippen LogP contribution in [0.5, 0.6) is 11.5 Å². The van der Waals surface area contributed by atoms with Crippen LogP contribution in [0, 0.1) is 10.1 Å². The first kappa shape index (κ1) is 15.0. The van der Waals surface area contributed by atoms with E-state index in [-0.39, 0.29) is 5.69 Å². The molecule has 0 N–H and O–H groups in total. The monoisotopic (exact) mass is 337 g/mol. The third-order valence-electron chi connectivity index (χ3n) is 3.11. The number of fused-ring (bicyclic) bond motifs is 1. The van der Waals surface area contributed by atoms with Crippen LogP contribution < -0.4 is 9.47 Å². The molecule has 2 aromatic rings. The molecule has 22 heavy (non-hydrogen) atoms. The minimum atomic E-state index is -0.398. The molecule has 0 fully saturated rings. The average molecular weight is 338 g/mol. The van der Waals surface area contributed by atoms with Crippen LogP contribution >= 0.6 is 23.4 Å². The highest BCUT2D eigenvalue weighted by molar-refractivity contribution is 7.98. The van der Waals surface area contributed by atoms with Gasteiger partial charge < -0.3 is 9.47 Å². The molecular formula is C15H12ClNO4S. The molecular weight excluding hydrogens is 326 g/mol. The molecule has 0 bridgehead atoms. The van der Waals surface area contributed by atoms with Gasteiger partial charge in [-0.1, -0.05) is 23.7 Å². The van der Waals surface area contributed by atoms with Gasteiger partial charge in [-0.15, -0.1) is 11.8 Å². The van der Waals surface area contributed by atoms with Gasteiger partial charge in [-0.05, 0) is 11.6 Å². The normalized spacial score (nSPS) is 13.0. The molecule has 1 aliphatic heterocycles. The topological polar surface area (TPSA) is 61.6 Å². The summed E-state index contributed by atoms with van der Waals surface area (Å²) in [6.07, 6.45) is 0. The Hall–Kier alpha value is -1.92. The minimum absolute atomic E-state index is 0.0892. The van der Waals surface area contributed by atoms with E-state index in [2.05, 4.69) is 0 Å². The summed E-state index contributed by atoms with van der Waals surface area (Å²) in [5, 5.41) is 11.4. The molecule has 0 unspecified atom stereocenters. The van der Waals surface area contributed by atoms with E-state index in [9.17, 15) is 10.1 Å². The van der Waals surface area contributed by atoms with Crippen LogP contribution in [-0.4, -0.2) is 18.1 Å². The molecule has 0 amide bonds. The molecule has 2 aromatic carbocycles. The number of non-ortho nitro benzene ring substituents is 1. The fourth-order valence-electron chi connectivity index (χ4n) is 2.08. The van der Waals surface area contributed by atoms with E-state index in [1.807, 2.05) is 12.1 Å². The lowest BCUT2D eigenvalue weighted by molar-refractivity contribution is -0.384. The van der Waals surface area contributed by atoms with Crippen LogP contribution in [-0.2, 0) is 5.75 Å². The van der Waals surface area contributed by atoms with Crippen LogP contribution in [0.4, 0.5) is 5.69 Å². The number of hydrogen-bond acceptors (Lipinski definition) is 5. The second-order valence-corrected chi connectivity index (χ2v) is 6.07. The first-order valence-corrected chi connectivity index (χ1v) is 7.95.